The highest BCUT2D eigenvalue weighted by Crippen LogP contribution is 2.37. The molecule has 10 amide bonds. The Labute approximate surface area is 539 Å². The lowest BCUT2D eigenvalue weighted by atomic mass is 9.80. The minimum atomic E-state index is -0.786. The summed E-state index contributed by atoms with van der Waals surface area (Å²) in [5.74, 6) is -1.55. The number of rotatable bonds is 6. The number of nitrogens with one attached hydrogen (secondary N) is 6. The van der Waals surface area contributed by atoms with Crippen LogP contribution in [0.15, 0.2) is 103 Å². The van der Waals surface area contributed by atoms with Crippen LogP contribution in [0.5, 0.6) is 0 Å². The molecule has 1 unspecified atom stereocenters. The first-order valence-corrected chi connectivity index (χ1v) is 31.4. The van der Waals surface area contributed by atoms with Crippen molar-refractivity contribution >= 4 is 93.6 Å². The highest BCUT2D eigenvalue weighted by atomic mass is 16.2. The number of likely N-dealkylation sites (tertiary alicyclic amines) is 4. The molecule has 0 saturated carbocycles. The van der Waals surface area contributed by atoms with E-state index in [1.807, 2.05) is 35.2 Å². The zero-order valence-electron chi connectivity index (χ0n) is 51.7. The van der Waals surface area contributed by atoms with Gasteiger partial charge in [-0.2, -0.15) is 0 Å². The lowest BCUT2D eigenvalue weighted by Crippen LogP contribution is -2.56. The monoisotopic (exact) mass is 1270 g/mol. The van der Waals surface area contributed by atoms with E-state index >= 15 is 0 Å². The number of ketones is 4. The Morgan fingerprint density at radius 3 is 1.16 bits per heavy atom. The minimum absolute atomic E-state index is 0. The number of hydrogen-bond acceptors (Lipinski definition) is 14. The molecule has 0 radical (unpaired) electrons. The van der Waals surface area contributed by atoms with Gasteiger partial charge in [0.2, 0.25) is 41.4 Å². The maximum absolute atomic E-state index is 13.0. The summed E-state index contributed by atoms with van der Waals surface area (Å²) >= 11 is 0. The number of benzene rings is 4. The normalized spacial score (nSPS) is 21.1. The van der Waals surface area contributed by atoms with Crippen molar-refractivity contribution in [3.8, 4) is 0 Å². The van der Waals surface area contributed by atoms with Crippen LogP contribution in [0.1, 0.15) is 159 Å². The van der Waals surface area contributed by atoms with E-state index in [4.69, 9.17) is 0 Å². The van der Waals surface area contributed by atoms with E-state index in [1.54, 1.807) is 75.4 Å². The number of amides is 10. The van der Waals surface area contributed by atoms with Crippen LogP contribution in [0.25, 0.3) is 0 Å². The van der Waals surface area contributed by atoms with Gasteiger partial charge in [0.25, 0.3) is 17.7 Å². The third-order valence-electron chi connectivity index (χ3n) is 19.1. The predicted octanol–water partition coefficient (Wildman–Crippen LogP) is 4.36. The maximum Gasteiger partial charge on any atom is 0.253 e. The second kappa shape index (κ2) is 28.4. The van der Waals surface area contributed by atoms with Crippen LogP contribution in [0.2, 0.25) is 0 Å². The highest BCUT2D eigenvalue weighted by Gasteiger charge is 2.52. The van der Waals surface area contributed by atoms with E-state index in [-0.39, 0.29) is 121 Å². The number of nitrogens with zero attached hydrogens (tertiary/aromatic N) is 4. The maximum atomic E-state index is 13.0. The van der Waals surface area contributed by atoms with Gasteiger partial charge in [-0.1, -0.05) is 56.0 Å². The molecule has 1 aliphatic carbocycles. The molecule has 4 aromatic rings. The van der Waals surface area contributed by atoms with Crippen LogP contribution >= 0.6 is 0 Å². The van der Waals surface area contributed by atoms with Crippen LogP contribution in [-0.2, 0) is 59.2 Å². The number of fused-ring (bicyclic) bond motifs is 1. The van der Waals surface area contributed by atoms with Crippen molar-refractivity contribution in [2.75, 3.05) is 63.0 Å². The molecule has 24 nitrogen and oxygen atoms in total. The smallest absolute Gasteiger partial charge is 0.253 e. The summed E-state index contributed by atoms with van der Waals surface area (Å²) in [5.41, 5.74) is 2.34. The molecule has 0 bridgehead atoms. The first-order valence-electron chi connectivity index (χ1n) is 31.4. The fourth-order valence-corrected chi connectivity index (χ4v) is 14.0. The van der Waals surface area contributed by atoms with Crippen molar-refractivity contribution in [2.45, 2.75) is 146 Å². The number of hydrogen-bond donors (Lipinski definition) is 6. The zero-order chi connectivity index (χ0) is 65.5. The van der Waals surface area contributed by atoms with E-state index in [0.717, 1.165) is 19.3 Å². The van der Waals surface area contributed by atoms with Crippen LogP contribution in [0.3, 0.4) is 0 Å². The molecule has 490 valence electrons. The van der Waals surface area contributed by atoms with Crippen molar-refractivity contribution in [2.24, 2.45) is 0 Å². The molecule has 13 rings (SSSR count). The number of piperidine rings is 4. The fraction of sp³-hybridized carbons (Fsp3) is 0.449. The average Bonchev–Trinajstić information content (AvgIpc) is 1.77. The van der Waals surface area contributed by atoms with Gasteiger partial charge in [-0.25, -0.2) is 0 Å². The molecular weight excluding hydrogens is 1190 g/mol. The van der Waals surface area contributed by atoms with Crippen molar-refractivity contribution in [3.05, 3.63) is 131 Å². The zero-order valence-corrected chi connectivity index (χ0v) is 51.7. The Kier molecular flexibility index (Phi) is 20.7. The Balaban J connectivity index is 0.000000146. The Morgan fingerprint density at radius 1 is 0.409 bits per heavy atom. The quantitative estimate of drug-likeness (QED) is 0.146. The molecule has 1 atom stereocenters. The second-order valence-corrected chi connectivity index (χ2v) is 25.2. The van der Waals surface area contributed by atoms with E-state index < -0.39 is 22.2 Å². The molecule has 4 aromatic carbocycles. The molecule has 0 aromatic heterocycles. The summed E-state index contributed by atoms with van der Waals surface area (Å²) in [6, 6.07) is 30.8. The van der Waals surface area contributed by atoms with Crippen LogP contribution in [0.4, 0.5) is 11.4 Å². The van der Waals surface area contributed by atoms with Gasteiger partial charge >= 0.3 is 0 Å². The van der Waals surface area contributed by atoms with Crippen LogP contribution < -0.4 is 31.9 Å². The molecule has 9 aliphatic rings. The van der Waals surface area contributed by atoms with Crippen molar-refractivity contribution < 1.29 is 67.1 Å². The van der Waals surface area contributed by atoms with Gasteiger partial charge < -0.3 is 51.5 Å². The largest absolute Gasteiger partial charge is 0.343 e. The van der Waals surface area contributed by atoms with E-state index in [0.29, 0.717) is 132 Å². The lowest BCUT2D eigenvalue weighted by molar-refractivity contribution is -0.137. The minimum Gasteiger partial charge on any atom is -0.343 e. The summed E-state index contributed by atoms with van der Waals surface area (Å²) in [6.45, 7) is 6.60. The number of carbonyl (C=O) groups is 14. The Morgan fingerprint density at radius 2 is 0.763 bits per heavy atom. The Hall–Kier alpha value is -9.74. The SMILES string of the molecule is C.CC(=O)Nc1ccc(C(=O)N2CCC3(CC2)NC(=O)CC3=O)cc1.CC(=O)Nc1cccc(C(=O)N2CCC3(CC2)NC(=O)CC3=O)c1.O=C1CC(=O)C2(CCN(C(=O)C3CCCc4ccccc43)CC2)N1.O=C1CC(=O)C2(CCN(C(=O)c3ccccc3)CC2)N1. The van der Waals surface area contributed by atoms with Crippen LogP contribution in [-0.4, -0.2) is 176 Å². The van der Waals surface area contributed by atoms with Crippen molar-refractivity contribution in [1.29, 1.82) is 0 Å². The number of carbonyl (C=O) groups excluding carboxylic acids is 14. The van der Waals surface area contributed by atoms with E-state index in [9.17, 15) is 67.1 Å². The van der Waals surface area contributed by atoms with Gasteiger partial charge in [0, 0.05) is 94.3 Å². The standard InChI is InChI=1S/C19H22N2O3.2C17H19N3O4.C15H16N2O3.CH4/c22-16-12-17(23)20-19(16)8-10-21(11-9-19)18(24)15-7-3-5-13-4-1-2-6-14(13)15;1-11(21)18-13-4-2-12(3-5-13)16(24)20-8-6-17(7-9-20)14(22)10-15(23)19-17;1-11(21)18-13-4-2-3-12(9-13)16(24)20-7-5-17(6-8-20)14(22)10-15(23)19-17;18-12-10-13(19)16-15(12)6-8-17(9-7-15)14(20)11-4-2-1-3-5-11;/h1-2,4,6,15H,3,5,7-12H2,(H,20,23);2-5H,6-10H2,1H3,(H,18,21)(H,19,23);2-4,9H,5-8,10H2,1H3,(H,18,21)(H,19,23);1-5H,6-10H2,(H,16,19);1H4. The average molecular weight is 1270 g/mol. The first-order chi connectivity index (χ1) is 44.0. The van der Waals surface area contributed by atoms with Gasteiger partial charge in [0.1, 0.15) is 22.2 Å². The van der Waals surface area contributed by atoms with E-state index in [1.165, 1.54) is 25.0 Å². The highest BCUT2D eigenvalue weighted by molar-refractivity contribution is 6.13. The molecule has 8 heterocycles. The topological polar surface area (TPSA) is 324 Å². The molecule has 24 heteroatoms. The second-order valence-electron chi connectivity index (χ2n) is 25.2. The third kappa shape index (κ3) is 15.1. The first kappa shape index (κ1) is 67.6. The molecule has 8 fully saturated rings. The summed E-state index contributed by atoms with van der Waals surface area (Å²) < 4.78 is 0. The molecule has 93 heavy (non-hydrogen) atoms. The summed E-state index contributed by atoms with van der Waals surface area (Å²) in [6.07, 6.45) is 6.71. The fourth-order valence-electron chi connectivity index (χ4n) is 14.0. The number of aryl methyl sites for hydroxylation is 1. The molecule has 4 spiro atoms. The predicted molar refractivity (Wildman–Crippen MR) is 340 cm³/mol. The molecule has 8 saturated heterocycles. The number of anilines is 2. The van der Waals surface area contributed by atoms with Crippen LogP contribution in [0, 0.1) is 0 Å². The van der Waals surface area contributed by atoms with Crippen molar-refractivity contribution in [1.82, 2.24) is 40.9 Å². The molecule has 6 N–H and O–H groups in total. The summed E-state index contributed by atoms with van der Waals surface area (Å²) in [7, 11) is 0. The summed E-state index contributed by atoms with van der Waals surface area (Å²) in [4.78, 5) is 173. The Bertz CT molecular complexity index is 3630. The van der Waals surface area contributed by atoms with Gasteiger partial charge in [0.15, 0.2) is 23.1 Å². The van der Waals surface area contributed by atoms with Crippen molar-refractivity contribution in [3.63, 3.8) is 0 Å². The molecular formula is C69H80N10O14. The van der Waals surface area contributed by atoms with Gasteiger partial charge in [0.05, 0.1) is 31.6 Å². The lowest BCUT2D eigenvalue weighted by Gasteiger charge is -2.40. The molecule has 8 aliphatic heterocycles. The third-order valence-corrected chi connectivity index (χ3v) is 19.1. The van der Waals surface area contributed by atoms with Gasteiger partial charge in [-0.15, -0.1) is 0 Å². The van der Waals surface area contributed by atoms with E-state index in [2.05, 4.69) is 44.0 Å². The van der Waals surface area contributed by atoms with Gasteiger partial charge in [-0.05, 0) is 136 Å². The van der Waals surface area contributed by atoms with Gasteiger partial charge in [-0.3, -0.25) is 67.1 Å². The number of Topliss-reactive ketones (excluding diaryl/α,β-unsaturated/α-hetero) is 4. The summed E-state index contributed by atoms with van der Waals surface area (Å²) in [5, 5.41) is 16.5.